The number of aromatic nitrogens is 1. The Labute approximate surface area is 271 Å². The largest absolute Gasteiger partial charge is 0.497 e. The second-order valence-corrected chi connectivity index (χ2v) is 11.4. The summed E-state index contributed by atoms with van der Waals surface area (Å²) in [5.74, 6) is 1.15. The number of allylic oxidation sites excluding steroid dienone is 1. The highest BCUT2D eigenvalue weighted by molar-refractivity contribution is 7.07. The molecular weight excluding hydrogens is 602 g/mol. The zero-order chi connectivity index (χ0) is 32.6. The first-order valence-electron chi connectivity index (χ1n) is 15.2. The van der Waals surface area contributed by atoms with Crippen LogP contribution in [-0.4, -0.2) is 30.9 Å². The minimum absolute atomic E-state index is 0.198. The van der Waals surface area contributed by atoms with Crippen molar-refractivity contribution >= 4 is 23.4 Å². The van der Waals surface area contributed by atoms with E-state index in [2.05, 4.69) is 6.07 Å². The molecule has 236 valence electrons. The lowest BCUT2D eigenvalue weighted by molar-refractivity contribution is -0.139. The van der Waals surface area contributed by atoms with Crippen molar-refractivity contribution in [2.75, 3.05) is 20.3 Å². The van der Waals surface area contributed by atoms with Crippen LogP contribution < -0.4 is 29.1 Å². The van der Waals surface area contributed by atoms with Gasteiger partial charge >= 0.3 is 5.97 Å². The third-order valence-corrected chi connectivity index (χ3v) is 8.37. The van der Waals surface area contributed by atoms with Gasteiger partial charge in [0.1, 0.15) is 12.4 Å². The van der Waals surface area contributed by atoms with Crippen LogP contribution in [0.2, 0.25) is 0 Å². The molecule has 4 aromatic rings. The van der Waals surface area contributed by atoms with Crippen LogP contribution in [0.5, 0.6) is 17.2 Å². The van der Waals surface area contributed by atoms with Crippen molar-refractivity contribution in [2.45, 2.75) is 46.3 Å². The minimum Gasteiger partial charge on any atom is -0.497 e. The van der Waals surface area contributed by atoms with Crippen molar-refractivity contribution in [3.63, 3.8) is 0 Å². The van der Waals surface area contributed by atoms with E-state index in [0.717, 1.165) is 23.1 Å². The molecule has 1 aliphatic heterocycles. The SMILES string of the molecule is CCCC1=C(C(=O)OCC)[C@@H](c2cccc(OC)c2)n2c(s/c(=C/c3ccc(OCc4ccccc4C#N)c(OCC)c3)c2=O)=N1. The molecule has 0 unspecified atom stereocenters. The Morgan fingerprint density at radius 3 is 2.59 bits per heavy atom. The normalized spacial score (nSPS) is 14.2. The highest BCUT2D eigenvalue weighted by atomic mass is 32.1. The molecule has 1 aromatic heterocycles. The van der Waals surface area contributed by atoms with E-state index in [4.69, 9.17) is 23.9 Å². The van der Waals surface area contributed by atoms with Gasteiger partial charge in [-0.05, 0) is 67.8 Å². The Morgan fingerprint density at radius 2 is 1.85 bits per heavy atom. The van der Waals surface area contributed by atoms with Crippen molar-refractivity contribution < 1.29 is 23.7 Å². The van der Waals surface area contributed by atoms with Gasteiger partial charge in [-0.2, -0.15) is 5.26 Å². The Morgan fingerprint density at radius 1 is 1.02 bits per heavy atom. The summed E-state index contributed by atoms with van der Waals surface area (Å²) >= 11 is 1.26. The molecule has 0 spiro atoms. The molecule has 2 heterocycles. The van der Waals surface area contributed by atoms with E-state index < -0.39 is 12.0 Å². The standard InChI is InChI=1S/C36H35N3O6S/c1-5-11-28-32(35(41)44-7-3)33(24-14-10-15-27(20-24)42-4)39-34(40)31(46-36(39)38-28)19-23-16-17-29(30(18-23)43-6-2)45-22-26-13-9-8-12-25(26)21-37/h8-10,12-20,33H,5-7,11,22H2,1-4H3/b31-19+/t33-/m1/s1. The first-order valence-corrected chi connectivity index (χ1v) is 16.0. The van der Waals surface area contributed by atoms with Crippen molar-refractivity contribution in [3.8, 4) is 23.3 Å². The zero-order valence-corrected chi connectivity index (χ0v) is 27.1. The monoisotopic (exact) mass is 637 g/mol. The number of nitriles is 1. The number of hydrogen-bond donors (Lipinski definition) is 0. The van der Waals surface area contributed by atoms with Gasteiger partial charge in [0, 0.05) is 5.56 Å². The predicted octanol–water partition coefficient (Wildman–Crippen LogP) is 5.44. The van der Waals surface area contributed by atoms with Crippen LogP contribution in [-0.2, 0) is 16.1 Å². The number of carbonyl (C=O) groups excluding carboxylic acids is 1. The van der Waals surface area contributed by atoms with E-state index in [-0.39, 0.29) is 18.8 Å². The number of fused-ring (bicyclic) bond motifs is 1. The van der Waals surface area contributed by atoms with Crippen LogP contribution in [0.25, 0.3) is 6.08 Å². The summed E-state index contributed by atoms with van der Waals surface area (Å²) < 4.78 is 24.9. The Hall–Kier alpha value is -5.14. The quantitative estimate of drug-likeness (QED) is 0.190. The van der Waals surface area contributed by atoms with E-state index >= 15 is 0 Å². The highest BCUT2D eigenvalue weighted by Gasteiger charge is 2.34. The molecular formula is C36H35N3O6S. The molecule has 0 N–H and O–H groups in total. The fraction of sp³-hybridized carbons (Fsp3) is 0.278. The summed E-state index contributed by atoms with van der Waals surface area (Å²) in [7, 11) is 1.58. The van der Waals surface area contributed by atoms with Gasteiger partial charge in [-0.3, -0.25) is 9.36 Å². The topological polar surface area (TPSA) is 112 Å². The first-order chi connectivity index (χ1) is 22.4. The maximum atomic E-state index is 14.1. The van der Waals surface area contributed by atoms with Crippen molar-refractivity contribution in [1.82, 2.24) is 4.57 Å². The van der Waals surface area contributed by atoms with Gasteiger partial charge in [0.2, 0.25) is 0 Å². The summed E-state index contributed by atoms with van der Waals surface area (Å²) in [6, 6.07) is 21.6. The van der Waals surface area contributed by atoms with Gasteiger partial charge < -0.3 is 18.9 Å². The average Bonchev–Trinajstić information content (AvgIpc) is 3.38. The van der Waals surface area contributed by atoms with Gasteiger partial charge in [0.25, 0.3) is 5.56 Å². The van der Waals surface area contributed by atoms with Crippen LogP contribution >= 0.6 is 11.3 Å². The van der Waals surface area contributed by atoms with Crippen LogP contribution in [0, 0.1) is 11.3 Å². The van der Waals surface area contributed by atoms with Crippen LogP contribution in [0.3, 0.4) is 0 Å². The Kier molecular flexibility index (Phi) is 10.4. The predicted molar refractivity (Wildman–Crippen MR) is 176 cm³/mol. The number of benzene rings is 3. The fourth-order valence-electron chi connectivity index (χ4n) is 5.31. The van der Waals surface area contributed by atoms with Crippen molar-refractivity contribution in [3.05, 3.63) is 120 Å². The Bertz CT molecular complexity index is 2000. The van der Waals surface area contributed by atoms with Crippen LogP contribution in [0.15, 0.2) is 87.8 Å². The number of nitrogens with zero attached hydrogens (tertiary/aromatic N) is 3. The maximum absolute atomic E-state index is 14.1. The highest BCUT2D eigenvalue weighted by Crippen LogP contribution is 2.34. The van der Waals surface area contributed by atoms with E-state index in [1.807, 2.05) is 68.4 Å². The molecule has 0 amide bonds. The molecule has 0 aliphatic carbocycles. The molecule has 0 saturated heterocycles. The molecule has 0 bridgehead atoms. The zero-order valence-electron chi connectivity index (χ0n) is 26.2. The fourth-order valence-corrected chi connectivity index (χ4v) is 6.33. The average molecular weight is 638 g/mol. The van der Waals surface area contributed by atoms with E-state index in [9.17, 15) is 14.9 Å². The molecule has 0 fully saturated rings. The van der Waals surface area contributed by atoms with Crippen LogP contribution in [0.4, 0.5) is 0 Å². The minimum atomic E-state index is -0.736. The van der Waals surface area contributed by atoms with Crippen molar-refractivity contribution in [2.24, 2.45) is 4.99 Å². The lowest BCUT2D eigenvalue weighted by Gasteiger charge is -2.26. The van der Waals surface area contributed by atoms with Crippen LogP contribution in [0.1, 0.15) is 61.9 Å². The summed E-state index contributed by atoms with van der Waals surface area (Å²) in [5.41, 5.74) is 3.46. The molecule has 1 atom stereocenters. The number of esters is 1. The van der Waals surface area contributed by atoms with Gasteiger partial charge in [0.05, 0.1) is 53.8 Å². The van der Waals surface area contributed by atoms with E-state index in [1.54, 1.807) is 36.8 Å². The van der Waals surface area contributed by atoms with Gasteiger partial charge in [-0.25, -0.2) is 9.79 Å². The number of methoxy groups -OCH3 is 1. The summed E-state index contributed by atoms with van der Waals surface area (Å²) in [5, 5.41) is 9.43. The molecule has 46 heavy (non-hydrogen) atoms. The summed E-state index contributed by atoms with van der Waals surface area (Å²) in [6.45, 7) is 6.47. The molecule has 1 aliphatic rings. The molecule has 10 heteroatoms. The molecule has 9 nitrogen and oxygen atoms in total. The third-order valence-electron chi connectivity index (χ3n) is 7.39. The molecule has 5 rings (SSSR count). The molecule has 0 saturated carbocycles. The summed E-state index contributed by atoms with van der Waals surface area (Å²) in [6.07, 6.45) is 3.10. The smallest absolute Gasteiger partial charge is 0.338 e. The van der Waals surface area contributed by atoms with E-state index in [1.165, 1.54) is 11.3 Å². The number of thiazole rings is 1. The second kappa shape index (κ2) is 14.8. The second-order valence-electron chi connectivity index (χ2n) is 10.4. The van der Waals surface area contributed by atoms with Gasteiger partial charge in [0.15, 0.2) is 16.3 Å². The number of carbonyl (C=O) groups is 1. The molecule has 0 radical (unpaired) electrons. The van der Waals surface area contributed by atoms with Crippen molar-refractivity contribution in [1.29, 1.82) is 5.26 Å². The number of rotatable bonds is 12. The lowest BCUT2D eigenvalue weighted by atomic mass is 9.94. The molecule has 3 aromatic carbocycles. The maximum Gasteiger partial charge on any atom is 0.338 e. The van der Waals surface area contributed by atoms with Gasteiger partial charge in [-0.1, -0.05) is 61.1 Å². The summed E-state index contributed by atoms with van der Waals surface area (Å²) in [4.78, 5) is 32.9. The Balaban J connectivity index is 1.60. The lowest BCUT2D eigenvalue weighted by Crippen LogP contribution is -2.40. The third kappa shape index (κ3) is 6.75. The van der Waals surface area contributed by atoms with Gasteiger partial charge in [-0.15, -0.1) is 0 Å². The number of ether oxygens (including phenoxy) is 4. The first kappa shape index (κ1) is 32.3. The number of hydrogen-bond acceptors (Lipinski definition) is 9. The van der Waals surface area contributed by atoms with E-state index in [0.29, 0.717) is 56.4 Å².